The minimum atomic E-state index is -0.646. The third-order valence-corrected chi connectivity index (χ3v) is 2.71. The van der Waals surface area contributed by atoms with Crippen LogP contribution in [0.25, 0.3) is 0 Å². The number of benzene rings is 1. The van der Waals surface area contributed by atoms with Gasteiger partial charge in [0.25, 0.3) is 5.56 Å². The van der Waals surface area contributed by atoms with Crippen molar-refractivity contribution in [2.75, 3.05) is 0 Å². The number of aliphatic imine (C=N–C) groups is 1. The molecule has 0 amide bonds. The molecule has 0 fully saturated rings. The lowest BCUT2D eigenvalue weighted by Crippen LogP contribution is -2.20. The Morgan fingerprint density at radius 3 is 2.68 bits per heavy atom. The summed E-state index contributed by atoms with van der Waals surface area (Å²) in [5, 5.41) is 10.1. The van der Waals surface area contributed by atoms with Crippen molar-refractivity contribution in [1.29, 1.82) is 0 Å². The summed E-state index contributed by atoms with van der Waals surface area (Å²) in [7, 11) is 0. The molecule has 0 unspecified atom stereocenters. The van der Waals surface area contributed by atoms with Gasteiger partial charge in [-0.05, 0) is 12.1 Å². The Balaban J connectivity index is 2.43. The highest BCUT2D eigenvalue weighted by Crippen LogP contribution is 2.30. The maximum Gasteiger partial charge on any atom is 0.325 e. The highest BCUT2D eigenvalue weighted by Gasteiger charge is 2.06. The first-order valence-corrected chi connectivity index (χ1v) is 5.77. The summed E-state index contributed by atoms with van der Waals surface area (Å²) < 4.78 is 0. The molecule has 0 aliphatic rings. The van der Waals surface area contributed by atoms with Gasteiger partial charge in [0, 0.05) is 23.0 Å². The number of H-pyrrole nitrogens is 2. The minimum absolute atomic E-state index is 0.0184. The lowest BCUT2D eigenvalue weighted by Gasteiger charge is -2.01. The van der Waals surface area contributed by atoms with E-state index >= 15 is 0 Å². The second kappa shape index (κ2) is 5.29. The van der Waals surface area contributed by atoms with E-state index in [9.17, 15) is 14.7 Å². The topological polar surface area (TPSA) is 98.3 Å². The zero-order valence-electron chi connectivity index (χ0n) is 9.28. The SMILES string of the molecule is O=c1[nH]cc(N=Cc2cc(Cl)cc(Cl)c2O)c(=O)[nH]1. The Morgan fingerprint density at radius 2 is 2.00 bits per heavy atom. The number of aromatic amines is 2. The molecule has 8 heteroatoms. The highest BCUT2D eigenvalue weighted by atomic mass is 35.5. The zero-order chi connectivity index (χ0) is 14.0. The van der Waals surface area contributed by atoms with Crippen LogP contribution in [-0.2, 0) is 0 Å². The van der Waals surface area contributed by atoms with E-state index in [-0.39, 0.29) is 22.0 Å². The van der Waals surface area contributed by atoms with E-state index in [0.29, 0.717) is 5.02 Å². The minimum Gasteiger partial charge on any atom is -0.506 e. The molecule has 0 aliphatic heterocycles. The molecule has 98 valence electrons. The van der Waals surface area contributed by atoms with Crippen LogP contribution in [0.3, 0.4) is 0 Å². The maximum absolute atomic E-state index is 11.4. The van der Waals surface area contributed by atoms with E-state index in [4.69, 9.17) is 23.2 Å². The van der Waals surface area contributed by atoms with Crippen molar-refractivity contribution >= 4 is 35.1 Å². The van der Waals surface area contributed by atoms with Gasteiger partial charge >= 0.3 is 5.69 Å². The number of hydrogen-bond donors (Lipinski definition) is 3. The van der Waals surface area contributed by atoms with Crippen LogP contribution in [0.15, 0.2) is 32.9 Å². The van der Waals surface area contributed by atoms with E-state index in [0.717, 1.165) is 6.20 Å². The van der Waals surface area contributed by atoms with Crippen molar-refractivity contribution in [3.63, 3.8) is 0 Å². The summed E-state index contributed by atoms with van der Waals surface area (Å²) in [5.41, 5.74) is -1.04. The van der Waals surface area contributed by atoms with Crippen molar-refractivity contribution in [3.8, 4) is 5.75 Å². The third-order valence-electron chi connectivity index (χ3n) is 2.20. The standard InChI is InChI=1S/C11H7Cl2N3O3/c12-6-1-5(9(17)7(13)2-6)3-14-8-4-15-11(19)16-10(8)18/h1-4,17H,(H2,15,16,18,19). The molecule has 3 N–H and O–H groups in total. The lowest BCUT2D eigenvalue weighted by molar-refractivity contribution is 0.475. The summed E-state index contributed by atoms with van der Waals surface area (Å²) >= 11 is 11.5. The molecule has 0 saturated heterocycles. The average Bonchev–Trinajstić information content (AvgIpc) is 2.33. The number of aromatic hydroxyl groups is 1. The number of phenols is 1. The molecule has 0 saturated carbocycles. The first kappa shape index (κ1) is 13.4. The molecule has 0 aliphatic carbocycles. The number of aromatic nitrogens is 2. The number of nitrogens with zero attached hydrogens (tertiary/aromatic N) is 1. The number of halogens is 2. The van der Waals surface area contributed by atoms with Crippen LogP contribution in [0, 0.1) is 0 Å². The fourth-order valence-corrected chi connectivity index (χ4v) is 1.83. The zero-order valence-corrected chi connectivity index (χ0v) is 10.8. The lowest BCUT2D eigenvalue weighted by atomic mass is 10.2. The smallest absolute Gasteiger partial charge is 0.325 e. The van der Waals surface area contributed by atoms with Crippen molar-refractivity contribution in [2.45, 2.75) is 0 Å². The summed E-state index contributed by atoms with van der Waals surface area (Å²) in [6.45, 7) is 0. The predicted molar refractivity (Wildman–Crippen MR) is 73.1 cm³/mol. The third kappa shape index (κ3) is 3.04. The molecule has 1 aromatic carbocycles. The van der Waals surface area contributed by atoms with Gasteiger partial charge in [-0.1, -0.05) is 23.2 Å². The summed E-state index contributed by atoms with van der Waals surface area (Å²) in [6.07, 6.45) is 2.37. The second-order valence-electron chi connectivity index (χ2n) is 3.54. The monoisotopic (exact) mass is 299 g/mol. The Kier molecular flexibility index (Phi) is 3.73. The van der Waals surface area contributed by atoms with Gasteiger partial charge in [0.15, 0.2) is 0 Å². The summed E-state index contributed by atoms with van der Waals surface area (Å²) in [4.78, 5) is 30.3. The molecule has 0 bridgehead atoms. The van der Waals surface area contributed by atoms with Crippen LogP contribution in [0.1, 0.15) is 5.56 Å². The van der Waals surface area contributed by atoms with Crippen molar-refractivity contribution in [3.05, 3.63) is 54.8 Å². The largest absolute Gasteiger partial charge is 0.506 e. The van der Waals surface area contributed by atoms with Gasteiger partial charge in [-0.15, -0.1) is 0 Å². The molecule has 2 rings (SSSR count). The van der Waals surface area contributed by atoms with E-state index < -0.39 is 11.2 Å². The van der Waals surface area contributed by atoms with Gasteiger partial charge < -0.3 is 10.1 Å². The first-order valence-electron chi connectivity index (χ1n) is 5.01. The maximum atomic E-state index is 11.4. The Labute approximate surface area is 116 Å². The number of nitrogens with one attached hydrogen (secondary N) is 2. The molecule has 0 spiro atoms. The van der Waals surface area contributed by atoms with E-state index in [1.165, 1.54) is 18.3 Å². The van der Waals surface area contributed by atoms with Crippen LogP contribution >= 0.6 is 23.2 Å². The van der Waals surface area contributed by atoms with Crippen LogP contribution in [0.2, 0.25) is 10.0 Å². The Bertz CT molecular complexity index is 765. The number of hydrogen-bond acceptors (Lipinski definition) is 4. The van der Waals surface area contributed by atoms with Crippen LogP contribution in [-0.4, -0.2) is 21.3 Å². The molecule has 6 nitrogen and oxygen atoms in total. The van der Waals surface area contributed by atoms with Crippen molar-refractivity contribution in [1.82, 2.24) is 9.97 Å². The van der Waals surface area contributed by atoms with Gasteiger partial charge in [-0.3, -0.25) is 9.78 Å². The summed E-state index contributed by atoms with van der Waals surface area (Å²) in [6, 6.07) is 2.81. The van der Waals surface area contributed by atoms with Gasteiger partial charge in [0.1, 0.15) is 11.4 Å². The molecule has 2 aromatic rings. The molecule has 0 radical (unpaired) electrons. The van der Waals surface area contributed by atoms with Gasteiger partial charge in [-0.2, -0.15) is 0 Å². The fourth-order valence-electron chi connectivity index (χ4n) is 1.32. The van der Waals surface area contributed by atoms with Crippen LogP contribution in [0.4, 0.5) is 5.69 Å². The fraction of sp³-hybridized carbons (Fsp3) is 0. The molecular weight excluding hydrogens is 293 g/mol. The average molecular weight is 300 g/mol. The molecule has 1 aromatic heterocycles. The molecule has 1 heterocycles. The predicted octanol–water partition coefficient (Wildman–Crippen LogP) is 1.83. The van der Waals surface area contributed by atoms with E-state index in [1.54, 1.807) is 0 Å². The van der Waals surface area contributed by atoms with Gasteiger partial charge in [-0.25, -0.2) is 9.79 Å². The van der Waals surface area contributed by atoms with Gasteiger partial charge in [0.2, 0.25) is 0 Å². The van der Waals surface area contributed by atoms with E-state index in [2.05, 4.69) is 9.98 Å². The molecule has 0 atom stereocenters. The van der Waals surface area contributed by atoms with Crippen LogP contribution in [0.5, 0.6) is 5.75 Å². The molecule has 19 heavy (non-hydrogen) atoms. The Morgan fingerprint density at radius 1 is 1.26 bits per heavy atom. The molecular formula is C11H7Cl2N3O3. The van der Waals surface area contributed by atoms with Gasteiger partial charge in [0.05, 0.1) is 5.02 Å². The normalized spacial score (nSPS) is 11.1. The number of rotatable bonds is 2. The number of phenolic OH excluding ortho intramolecular Hbond substituents is 1. The highest BCUT2D eigenvalue weighted by molar-refractivity contribution is 6.36. The second-order valence-corrected chi connectivity index (χ2v) is 4.38. The van der Waals surface area contributed by atoms with E-state index in [1.807, 2.05) is 4.98 Å². The summed E-state index contributed by atoms with van der Waals surface area (Å²) in [5.74, 6) is -0.198. The Hall–Kier alpha value is -2.05. The first-order chi connectivity index (χ1) is 8.97. The quantitative estimate of drug-likeness (QED) is 0.738. The van der Waals surface area contributed by atoms with Crippen molar-refractivity contribution in [2.24, 2.45) is 4.99 Å². The van der Waals surface area contributed by atoms with Crippen LogP contribution < -0.4 is 11.2 Å². The van der Waals surface area contributed by atoms with Crippen molar-refractivity contribution < 1.29 is 5.11 Å².